The van der Waals surface area contributed by atoms with Crippen LogP contribution in [0, 0.1) is 0 Å². The molecule has 2 aliphatic rings. The first-order chi connectivity index (χ1) is 8.66. The molecule has 0 radical (unpaired) electrons. The molecule has 0 bridgehead atoms. The zero-order valence-corrected chi connectivity index (χ0v) is 12.2. The number of anilines is 2. The fourth-order valence-electron chi connectivity index (χ4n) is 2.95. The molecule has 0 aromatic heterocycles. The SMILES string of the molecule is CC(=O)N1CCc2cc(N3CCCC3)cc(Br)c21. The molecule has 0 spiro atoms. The van der Waals surface area contributed by atoms with Crippen LogP contribution in [0.25, 0.3) is 0 Å². The smallest absolute Gasteiger partial charge is 0.223 e. The van der Waals surface area contributed by atoms with Crippen molar-refractivity contribution >= 4 is 33.2 Å². The van der Waals surface area contributed by atoms with E-state index in [-0.39, 0.29) is 5.91 Å². The second-order valence-electron chi connectivity index (χ2n) is 5.05. The third-order valence-electron chi connectivity index (χ3n) is 3.85. The summed E-state index contributed by atoms with van der Waals surface area (Å²) in [6.07, 6.45) is 3.54. The molecule has 0 N–H and O–H groups in total. The molecular formula is C14H17BrN2O. The minimum Gasteiger partial charge on any atom is -0.371 e. The number of halogens is 1. The fourth-order valence-corrected chi connectivity index (χ4v) is 3.65. The molecule has 4 heteroatoms. The lowest BCUT2D eigenvalue weighted by atomic mass is 10.1. The lowest BCUT2D eigenvalue weighted by molar-refractivity contribution is -0.116. The van der Waals surface area contributed by atoms with E-state index < -0.39 is 0 Å². The van der Waals surface area contributed by atoms with Crippen LogP contribution >= 0.6 is 15.9 Å². The van der Waals surface area contributed by atoms with Crippen LogP contribution in [-0.4, -0.2) is 25.5 Å². The van der Waals surface area contributed by atoms with Crippen molar-refractivity contribution in [2.24, 2.45) is 0 Å². The van der Waals surface area contributed by atoms with Gasteiger partial charge in [-0.3, -0.25) is 4.79 Å². The summed E-state index contributed by atoms with van der Waals surface area (Å²) in [5, 5.41) is 0. The molecule has 0 atom stereocenters. The highest BCUT2D eigenvalue weighted by atomic mass is 79.9. The van der Waals surface area contributed by atoms with E-state index >= 15 is 0 Å². The van der Waals surface area contributed by atoms with Gasteiger partial charge in [-0.2, -0.15) is 0 Å². The van der Waals surface area contributed by atoms with Gasteiger partial charge in [-0.05, 0) is 52.9 Å². The second kappa shape index (κ2) is 4.57. The van der Waals surface area contributed by atoms with E-state index in [2.05, 4.69) is 33.0 Å². The van der Waals surface area contributed by atoms with E-state index in [1.165, 1.54) is 24.1 Å². The molecule has 0 saturated carbocycles. The Balaban J connectivity index is 1.99. The molecule has 1 aromatic carbocycles. The van der Waals surface area contributed by atoms with Crippen molar-refractivity contribution in [2.75, 3.05) is 29.4 Å². The predicted octanol–water partition coefficient (Wildman–Crippen LogP) is 2.96. The lowest BCUT2D eigenvalue weighted by Crippen LogP contribution is -2.26. The number of fused-ring (bicyclic) bond motifs is 1. The number of nitrogens with zero attached hydrogens (tertiary/aromatic N) is 2. The van der Waals surface area contributed by atoms with E-state index in [1.807, 2.05) is 4.90 Å². The van der Waals surface area contributed by atoms with Gasteiger partial charge in [0.2, 0.25) is 5.91 Å². The zero-order valence-electron chi connectivity index (χ0n) is 10.6. The van der Waals surface area contributed by atoms with Crippen molar-refractivity contribution < 1.29 is 4.79 Å². The molecule has 3 rings (SSSR count). The van der Waals surface area contributed by atoms with Gasteiger partial charge in [0.25, 0.3) is 0 Å². The van der Waals surface area contributed by atoms with Gasteiger partial charge in [-0.1, -0.05) is 0 Å². The molecule has 1 amide bonds. The minimum absolute atomic E-state index is 0.128. The van der Waals surface area contributed by atoms with E-state index in [1.54, 1.807) is 6.92 Å². The van der Waals surface area contributed by atoms with Gasteiger partial charge >= 0.3 is 0 Å². The molecule has 1 fully saturated rings. The summed E-state index contributed by atoms with van der Waals surface area (Å²) in [5.41, 5.74) is 3.66. The van der Waals surface area contributed by atoms with Crippen LogP contribution in [0.5, 0.6) is 0 Å². The van der Waals surface area contributed by atoms with Crippen LogP contribution in [0.1, 0.15) is 25.3 Å². The van der Waals surface area contributed by atoms with Crippen LogP contribution in [0.4, 0.5) is 11.4 Å². The Hall–Kier alpha value is -1.03. The van der Waals surface area contributed by atoms with Crippen molar-refractivity contribution in [3.05, 3.63) is 22.2 Å². The molecule has 3 nitrogen and oxygen atoms in total. The van der Waals surface area contributed by atoms with Crippen molar-refractivity contribution in [1.82, 2.24) is 0 Å². The first-order valence-corrected chi connectivity index (χ1v) is 7.31. The van der Waals surface area contributed by atoms with Crippen molar-refractivity contribution in [3.8, 4) is 0 Å². The third-order valence-corrected chi connectivity index (χ3v) is 4.46. The van der Waals surface area contributed by atoms with Gasteiger partial charge in [0.05, 0.1) is 5.69 Å². The quantitative estimate of drug-likeness (QED) is 0.796. The summed E-state index contributed by atoms with van der Waals surface area (Å²) in [7, 11) is 0. The van der Waals surface area contributed by atoms with Gasteiger partial charge in [0.1, 0.15) is 0 Å². The Morgan fingerprint density at radius 1 is 1.22 bits per heavy atom. The van der Waals surface area contributed by atoms with Gasteiger partial charge in [0.15, 0.2) is 0 Å². The highest BCUT2D eigenvalue weighted by Crippen LogP contribution is 2.39. The molecule has 0 aliphatic carbocycles. The van der Waals surface area contributed by atoms with E-state index in [4.69, 9.17) is 0 Å². The highest BCUT2D eigenvalue weighted by molar-refractivity contribution is 9.10. The minimum atomic E-state index is 0.128. The average molecular weight is 309 g/mol. The molecule has 1 saturated heterocycles. The van der Waals surface area contributed by atoms with E-state index in [0.717, 1.165) is 36.2 Å². The maximum absolute atomic E-state index is 11.6. The van der Waals surface area contributed by atoms with Crippen LogP contribution in [0.3, 0.4) is 0 Å². The first-order valence-electron chi connectivity index (χ1n) is 6.52. The van der Waals surface area contributed by atoms with Crippen LogP contribution in [0.15, 0.2) is 16.6 Å². The second-order valence-corrected chi connectivity index (χ2v) is 5.90. The summed E-state index contributed by atoms with van der Waals surface area (Å²) >= 11 is 3.63. The van der Waals surface area contributed by atoms with Crippen molar-refractivity contribution in [1.29, 1.82) is 0 Å². The van der Waals surface area contributed by atoms with Crippen molar-refractivity contribution in [2.45, 2.75) is 26.2 Å². The van der Waals surface area contributed by atoms with Gasteiger partial charge in [-0.15, -0.1) is 0 Å². The average Bonchev–Trinajstić information content (AvgIpc) is 2.97. The lowest BCUT2D eigenvalue weighted by Gasteiger charge is -2.21. The largest absolute Gasteiger partial charge is 0.371 e. The number of hydrogen-bond acceptors (Lipinski definition) is 2. The number of carbonyl (C=O) groups is 1. The molecule has 0 unspecified atom stereocenters. The summed E-state index contributed by atoms with van der Waals surface area (Å²) < 4.78 is 1.05. The van der Waals surface area contributed by atoms with Gasteiger partial charge in [0, 0.05) is 36.7 Å². The van der Waals surface area contributed by atoms with E-state index in [0.29, 0.717) is 0 Å². The van der Waals surface area contributed by atoms with Crippen LogP contribution in [0.2, 0.25) is 0 Å². The molecule has 1 aromatic rings. The number of amides is 1. The summed E-state index contributed by atoms with van der Waals surface area (Å²) in [4.78, 5) is 15.9. The zero-order chi connectivity index (χ0) is 12.7. The maximum Gasteiger partial charge on any atom is 0.223 e. The number of rotatable bonds is 1. The number of hydrogen-bond donors (Lipinski definition) is 0. The standard InChI is InChI=1S/C14H17BrN2O/c1-10(18)17-7-4-11-8-12(9-13(15)14(11)17)16-5-2-3-6-16/h8-9H,2-7H2,1H3. The Morgan fingerprint density at radius 2 is 1.94 bits per heavy atom. The van der Waals surface area contributed by atoms with Gasteiger partial charge in [-0.25, -0.2) is 0 Å². The van der Waals surface area contributed by atoms with Crippen molar-refractivity contribution in [3.63, 3.8) is 0 Å². The van der Waals surface area contributed by atoms with Crippen LogP contribution < -0.4 is 9.80 Å². The summed E-state index contributed by atoms with van der Waals surface area (Å²) in [5.74, 6) is 0.128. The molecule has 18 heavy (non-hydrogen) atoms. The Bertz CT molecular complexity index is 495. The summed E-state index contributed by atoms with van der Waals surface area (Å²) in [6, 6.07) is 4.42. The fraction of sp³-hybridized carbons (Fsp3) is 0.500. The van der Waals surface area contributed by atoms with Crippen LogP contribution in [-0.2, 0) is 11.2 Å². The maximum atomic E-state index is 11.6. The van der Waals surface area contributed by atoms with E-state index in [9.17, 15) is 4.79 Å². The molecule has 2 aliphatic heterocycles. The number of benzene rings is 1. The normalized spacial score (nSPS) is 18.3. The first kappa shape index (κ1) is 12.0. The molecule has 2 heterocycles. The Labute approximate surface area is 116 Å². The summed E-state index contributed by atoms with van der Waals surface area (Å²) in [6.45, 7) is 4.76. The third kappa shape index (κ3) is 1.92. The molecule has 96 valence electrons. The highest BCUT2D eigenvalue weighted by Gasteiger charge is 2.26. The monoisotopic (exact) mass is 308 g/mol. The Morgan fingerprint density at radius 3 is 2.61 bits per heavy atom. The molecular weight excluding hydrogens is 292 g/mol. The predicted molar refractivity (Wildman–Crippen MR) is 77.3 cm³/mol. The van der Waals surface area contributed by atoms with Gasteiger partial charge < -0.3 is 9.80 Å². The number of carbonyl (C=O) groups excluding carboxylic acids is 1. The Kier molecular flexibility index (Phi) is 3.06. The topological polar surface area (TPSA) is 23.6 Å².